The lowest BCUT2D eigenvalue weighted by atomic mass is 10.2. The van der Waals surface area contributed by atoms with Crippen molar-refractivity contribution >= 4 is 0 Å². The summed E-state index contributed by atoms with van der Waals surface area (Å²) in [5, 5.41) is 5.67. The molecule has 1 aliphatic heterocycles. The summed E-state index contributed by atoms with van der Waals surface area (Å²) in [6, 6.07) is 0.679. The third-order valence-corrected chi connectivity index (χ3v) is 2.11. The molecule has 0 aromatic rings. The van der Waals surface area contributed by atoms with Crippen LogP contribution in [0.4, 0.5) is 0 Å². The third kappa shape index (κ3) is 1.68. The summed E-state index contributed by atoms with van der Waals surface area (Å²) in [5.74, 6) is 0. The summed E-state index contributed by atoms with van der Waals surface area (Å²) in [6.07, 6.45) is 1.22. The van der Waals surface area contributed by atoms with E-state index in [0.29, 0.717) is 6.04 Å². The average Bonchev–Trinajstić information content (AvgIpc) is 2.04. The maximum atomic E-state index is 3.37. The lowest BCUT2D eigenvalue weighted by Gasteiger charge is -2.34. The highest BCUT2D eigenvalue weighted by molar-refractivity contribution is 4.74. The Morgan fingerprint density at radius 2 is 2.50 bits per heavy atom. The molecular weight excluding hydrogens is 126 g/mol. The topological polar surface area (TPSA) is 27.3 Å². The van der Waals surface area contributed by atoms with E-state index in [1.165, 1.54) is 6.42 Å². The van der Waals surface area contributed by atoms with Crippen molar-refractivity contribution in [2.45, 2.75) is 19.4 Å². The van der Waals surface area contributed by atoms with Gasteiger partial charge in [0.2, 0.25) is 0 Å². The third-order valence-electron chi connectivity index (χ3n) is 2.11. The van der Waals surface area contributed by atoms with E-state index in [4.69, 9.17) is 0 Å². The van der Waals surface area contributed by atoms with E-state index in [-0.39, 0.29) is 0 Å². The molecule has 0 spiro atoms. The molecule has 1 heterocycles. The highest BCUT2D eigenvalue weighted by atomic mass is 15.5. The Hall–Kier alpha value is -0.120. The molecular formula is C7H17N3. The first kappa shape index (κ1) is 7.98. The van der Waals surface area contributed by atoms with Crippen LogP contribution in [0, 0.1) is 0 Å². The Morgan fingerprint density at radius 3 is 3.00 bits per heavy atom. The number of rotatable bonds is 2. The lowest BCUT2D eigenvalue weighted by molar-refractivity contribution is 0.107. The zero-order valence-corrected chi connectivity index (χ0v) is 6.85. The molecule has 1 unspecified atom stereocenters. The largest absolute Gasteiger partial charge is 0.314 e. The molecule has 0 aliphatic carbocycles. The van der Waals surface area contributed by atoms with Gasteiger partial charge in [-0.25, -0.2) is 5.01 Å². The van der Waals surface area contributed by atoms with Crippen LogP contribution >= 0.6 is 0 Å². The van der Waals surface area contributed by atoms with Crippen LogP contribution in [0.5, 0.6) is 0 Å². The van der Waals surface area contributed by atoms with E-state index in [1.807, 2.05) is 7.05 Å². The minimum Gasteiger partial charge on any atom is -0.314 e. The molecule has 0 aromatic heterocycles. The molecule has 10 heavy (non-hydrogen) atoms. The molecule has 3 heteroatoms. The fourth-order valence-electron chi connectivity index (χ4n) is 1.42. The number of hydrogen-bond acceptors (Lipinski definition) is 3. The standard InChI is InChI=1S/C7H17N3/c1-3-7-6-9-4-5-10(7)8-2/h7-9H,3-6H2,1-2H3. The molecule has 0 bridgehead atoms. The highest BCUT2D eigenvalue weighted by Gasteiger charge is 2.17. The molecule has 1 aliphatic rings. The van der Waals surface area contributed by atoms with Gasteiger partial charge in [0.15, 0.2) is 0 Å². The highest BCUT2D eigenvalue weighted by Crippen LogP contribution is 2.01. The predicted octanol–water partition coefficient (Wildman–Crippen LogP) is -0.195. The van der Waals surface area contributed by atoms with Crippen molar-refractivity contribution in [3.63, 3.8) is 0 Å². The molecule has 1 atom stereocenters. The van der Waals surface area contributed by atoms with Gasteiger partial charge in [-0.2, -0.15) is 0 Å². The number of nitrogens with one attached hydrogen (secondary N) is 2. The van der Waals surface area contributed by atoms with Gasteiger partial charge < -0.3 is 5.32 Å². The van der Waals surface area contributed by atoms with Gasteiger partial charge in [0.1, 0.15) is 0 Å². The first-order valence-corrected chi connectivity index (χ1v) is 4.03. The molecule has 0 aromatic carbocycles. The Labute approximate surface area is 62.8 Å². The van der Waals surface area contributed by atoms with Crippen molar-refractivity contribution in [2.75, 3.05) is 26.7 Å². The van der Waals surface area contributed by atoms with Crippen LogP contribution in [0.1, 0.15) is 13.3 Å². The molecule has 0 amide bonds. The van der Waals surface area contributed by atoms with Gasteiger partial charge in [-0.05, 0) is 13.5 Å². The van der Waals surface area contributed by atoms with E-state index in [2.05, 4.69) is 22.7 Å². The van der Waals surface area contributed by atoms with Gasteiger partial charge >= 0.3 is 0 Å². The minimum atomic E-state index is 0.679. The van der Waals surface area contributed by atoms with Crippen molar-refractivity contribution in [2.24, 2.45) is 0 Å². The van der Waals surface area contributed by atoms with Crippen LogP contribution in [0.15, 0.2) is 0 Å². The van der Waals surface area contributed by atoms with Gasteiger partial charge in [-0.1, -0.05) is 6.92 Å². The van der Waals surface area contributed by atoms with Crippen LogP contribution in [0.25, 0.3) is 0 Å². The maximum Gasteiger partial charge on any atom is 0.0366 e. The summed E-state index contributed by atoms with van der Waals surface area (Å²) in [4.78, 5) is 0. The molecule has 2 N–H and O–H groups in total. The second kappa shape index (κ2) is 3.91. The second-order valence-corrected chi connectivity index (χ2v) is 2.68. The summed E-state index contributed by atoms with van der Waals surface area (Å²) < 4.78 is 0. The summed E-state index contributed by atoms with van der Waals surface area (Å²) in [5.41, 5.74) is 3.20. The number of hydrogen-bond donors (Lipinski definition) is 2. The first-order chi connectivity index (χ1) is 4.88. The maximum absolute atomic E-state index is 3.37. The SMILES string of the molecule is CCC1CNCCN1NC. The summed E-state index contributed by atoms with van der Waals surface area (Å²) in [6.45, 7) is 5.58. The number of piperazine rings is 1. The van der Waals surface area contributed by atoms with E-state index < -0.39 is 0 Å². The summed E-state index contributed by atoms with van der Waals surface area (Å²) in [7, 11) is 1.99. The molecule has 1 fully saturated rings. The van der Waals surface area contributed by atoms with Gasteiger partial charge in [0.25, 0.3) is 0 Å². The number of nitrogens with zero attached hydrogens (tertiary/aromatic N) is 1. The molecule has 0 radical (unpaired) electrons. The van der Waals surface area contributed by atoms with Crippen molar-refractivity contribution in [3.8, 4) is 0 Å². The monoisotopic (exact) mass is 143 g/mol. The van der Waals surface area contributed by atoms with Crippen LogP contribution < -0.4 is 10.7 Å². The fourth-order valence-corrected chi connectivity index (χ4v) is 1.42. The number of hydrazine groups is 1. The molecule has 3 nitrogen and oxygen atoms in total. The average molecular weight is 143 g/mol. The van der Waals surface area contributed by atoms with E-state index in [9.17, 15) is 0 Å². The van der Waals surface area contributed by atoms with Gasteiger partial charge in [0, 0.05) is 25.7 Å². The van der Waals surface area contributed by atoms with Crippen molar-refractivity contribution in [3.05, 3.63) is 0 Å². The predicted molar refractivity (Wildman–Crippen MR) is 42.7 cm³/mol. The minimum absolute atomic E-state index is 0.679. The quantitative estimate of drug-likeness (QED) is 0.561. The van der Waals surface area contributed by atoms with Crippen LogP contribution in [-0.4, -0.2) is 37.7 Å². The van der Waals surface area contributed by atoms with Gasteiger partial charge in [0.05, 0.1) is 0 Å². The van der Waals surface area contributed by atoms with Crippen LogP contribution in [-0.2, 0) is 0 Å². The van der Waals surface area contributed by atoms with Crippen LogP contribution in [0.2, 0.25) is 0 Å². The molecule has 60 valence electrons. The summed E-state index contributed by atoms with van der Waals surface area (Å²) >= 11 is 0. The molecule has 1 saturated heterocycles. The second-order valence-electron chi connectivity index (χ2n) is 2.68. The zero-order valence-electron chi connectivity index (χ0n) is 6.85. The van der Waals surface area contributed by atoms with E-state index >= 15 is 0 Å². The van der Waals surface area contributed by atoms with E-state index in [0.717, 1.165) is 19.6 Å². The van der Waals surface area contributed by atoms with Gasteiger partial charge in [-0.15, -0.1) is 0 Å². The fraction of sp³-hybridized carbons (Fsp3) is 1.00. The van der Waals surface area contributed by atoms with Crippen molar-refractivity contribution < 1.29 is 0 Å². The lowest BCUT2D eigenvalue weighted by Crippen LogP contribution is -2.55. The first-order valence-electron chi connectivity index (χ1n) is 4.03. The Bertz CT molecular complexity index is 82.9. The van der Waals surface area contributed by atoms with E-state index in [1.54, 1.807) is 0 Å². The van der Waals surface area contributed by atoms with Crippen molar-refractivity contribution in [1.82, 2.24) is 15.8 Å². The van der Waals surface area contributed by atoms with Crippen LogP contribution in [0.3, 0.4) is 0 Å². The molecule has 1 rings (SSSR count). The Kier molecular flexibility index (Phi) is 3.12. The molecule has 0 saturated carbocycles. The Morgan fingerprint density at radius 1 is 1.70 bits per heavy atom. The normalized spacial score (nSPS) is 28.8. The van der Waals surface area contributed by atoms with Crippen molar-refractivity contribution in [1.29, 1.82) is 0 Å². The zero-order chi connectivity index (χ0) is 7.40. The van der Waals surface area contributed by atoms with Gasteiger partial charge in [-0.3, -0.25) is 5.43 Å². The smallest absolute Gasteiger partial charge is 0.0366 e. The Balaban J connectivity index is 2.34.